The standard InChI is InChI=1S/C6H8O3/c7-4-6-3-5(8)1-2-9-6/h1-2,6-7H,3-4H2/t6-/m0/s1. The minimum Gasteiger partial charge on any atom is -0.495 e. The van der Waals surface area contributed by atoms with Crippen molar-refractivity contribution in [2.75, 3.05) is 6.61 Å². The van der Waals surface area contributed by atoms with Crippen molar-refractivity contribution in [2.24, 2.45) is 0 Å². The molecule has 0 fully saturated rings. The molecule has 9 heavy (non-hydrogen) atoms. The second-order valence-electron chi connectivity index (χ2n) is 1.91. The minimum absolute atomic E-state index is 0.0142. The molecule has 50 valence electrons. The highest BCUT2D eigenvalue weighted by Crippen LogP contribution is 2.05. The molecule has 1 aliphatic rings. The number of rotatable bonds is 1. The Hall–Kier alpha value is -0.830. The highest BCUT2D eigenvalue weighted by Gasteiger charge is 2.14. The van der Waals surface area contributed by atoms with Crippen LogP contribution < -0.4 is 0 Å². The van der Waals surface area contributed by atoms with Gasteiger partial charge in [-0.15, -0.1) is 0 Å². The number of carbonyl (C=O) groups is 1. The first-order chi connectivity index (χ1) is 4.33. The summed E-state index contributed by atoms with van der Waals surface area (Å²) >= 11 is 0. The number of hydrogen-bond donors (Lipinski definition) is 1. The van der Waals surface area contributed by atoms with Crippen LogP contribution in [0.25, 0.3) is 0 Å². The molecule has 1 N–H and O–H groups in total. The summed E-state index contributed by atoms with van der Waals surface area (Å²) in [5, 5.41) is 8.50. The predicted molar refractivity (Wildman–Crippen MR) is 30.7 cm³/mol. The van der Waals surface area contributed by atoms with Crippen LogP contribution in [0.1, 0.15) is 6.42 Å². The van der Waals surface area contributed by atoms with E-state index in [-0.39, 0.29) is 18.5 Å². The highest BCUT2D eigenvalue weighted by molar-refractivity contribution is 5.90. The van der Waals surface area contributed by atoms with Crippen LogP contribution in [0.5, 0.6) is 0 Å². The summed E-state index contributed by atoms with van der Waals surface area (Å²) < 4.78 is 4.85. The summed E-state index contributed by atoms with van der Waals surface area (Å²) in [5.74, 6) is 0.0142. The number of carbonyl (C=O) groups excluding carboxylic acids is 1. The van der Waals surface area contributed by atoms with Gasteiger partial charge in [0.2, 0.25) is 0 Å². The molecule has 0 aromatic carbocycles. The van der Waals surface area contributed by atoms with E-state index in [9.17, 15) is 4.79 Å². The van der Waals surface area contributed by atoms with Gasteiger partial charge < -0.3 is 9.84 Å². The largest absolute Gasteiger partial charge is 0.495 e. The Morgan fingerprint density at radius 2 is 2.67 bits per heavy atom. The number of aliphatic hydroxyl groups excluding tert-OH is 1. The monoisotopic (exact) mass is 128 g/mol. The molecule has 1 aliphatic heterocycles. The van der Waals surface area contributed by atoms with Gasteiger partial charge in [-0.05, 0) is 0 Å². The molecule has 0 amide bonds. The van der Waals surface area contributed by atoms with Gasteiger partial charge in [0.25, 0.3) is 0 Å². The molecule has 1 atom stereocenters. The van der Waals surface area contributed by atoms with Gasteiger partial charge in [0, 0.05) is 12.5 Å². The molecule has 0 saturated carbocycles. The lowest BCUT2D eigenvalue weighted by molar-refractivity contribution is -0.118. The zero-order chi connectivity index (χ0) is 6.69. The number of aliphatic hydroxyl groups is 1. The lowest BCUT2D eigenvalue weighted by atomic mass is 10.1. The summed E-state index contributed by atoms with van der Waals surface area (Å²) in [7, 11) is 0. The van der Waals surface area contributed by atoms with E-state index in [1.807, 2.05) is 0 Å². The Balaban J connectivity index is 2.47. The average Bonchev–Trinajstić information content (AvgIpc) is 1.88. The maximum atomic E-state index is 10.6. The Labute approximate surface area is 52.9 Å². The first-order valence-electron chi connectivity index (χ1n) is 2.78. The van der Waals surface area contributed by atoms with Gasteiger partial charge in [0.1, 0.15) is 6.10 Å². The lowest BCUT2D eigenvalue weighted by Crippen LogP contribution is -2.21. The maximum Gasteiger partial charge on any atom is 0.162 e. The summed E-state index contributed by atoms with van der Waals surface area (Å²) in [5.41, 5.74) is 0. The van der Waals surface area contributed by atoms with Crippen molar-refractivity contribution in [1.82, 2.24) is 0 Å². The molecule has 0 radical (unpaired) electrons. The van der Waals surface area contributed by atoms with Gasteiger partial charge in [0.15, 0.2) is 5.78 Å². The Morgan fingerprint density at radius 3 is 3.11 bits per heavy atom. The average molecular weight is 128 g/mol. The molecule has 1 rings (SSSR count). The van der Waals surface area contributed by atoms with Crippen molar-refractivity contribution in [2.45, 2.75) is 12.5 Å². The van der Waals surface area contributed by atoms with E-state index in [2.05, 4.69) is 0 Å². The fourth-order valence-corrected chi connectivity index (χ4v) is 0.674. The lowest BCUT2D eigenvalue weighted by Gasteiger charge is -2.14. The molecular formula is C6H8O3. The third-order valence-corrected chi connectivity index (χ3v) is 1.16. The minimum atomic E-state index is -0.317. The Bertz CT molecular complexity index is 139. The molecule has 0 aromatic rings. The van der Waals surface area contributed by atoms with Crippen LogP contribution in [0.15, 0.2) is 12.3 Å². The van der Waals surface area contributed by atoms with Crippen LogP contribution in [0, 0.1) is 0 Å². The summed E-state index contributed by atoms with van der Waals surface area (Å²) in [4.78, 5) is 10.6. The Morgan fingerprint density at radius 1 is 1.89 bits per heavy atom. The van der Waals surface area contributed by atoms with Gasteiger partial charge in [-0.1, -0.05) is 0 Å². The van der Waals surface area contributed by atoms with E-state index in [1.165, 1.54) is 12.3 Å². The molecule has 0 saturated heterocycles. The first-order valence-corrected chi connectivity index (χ1v) is 2.78. The molecule has 1 heterocycles. The van der Waals surface area contributed by atoms with Gasteiger partial charge >= 0.3 is 0 Å². The molecule has 0 bridgehead atoms. The third kappa shape index (κ3) is 1.54. The SMILES string of the molecule is O=C1C=CO[C@H](CO)C1. The quantitative estimate of drug-likeness (QED) is 0.534. The van der Waals surface area contributed by atoms with E-state index in [0.29, 0.717) is 6.42 Å². The fraction of sp³-hybridized carbons (Fsp3) is 0.500. The maximum absolute atomic E-state index is 10.6. The van der Waals surface area contributed by atoms with Gasteiger partial charge in [-0.2, -0.15) is 0 Å². The van der Waals surface area contributed by atoms with Crippen LogP contribution in [0.2, 0.25) is 0 Å². The third-order valence-electron chi connectivity index (χ3n) is 1.16. The summed E-state index contributed by atoms with van der Waals surface area (Å²) in [6.07, 6.45) is 2.67. The molecule has 0 aromatic heterocycles. The van der Waals surface area contributed by atoms with E-state index in [1.54, 1.807) is 0 Å². The van der Waals surface area contributed by atoms with Crippen molar-refractivity contribution in [3.63, 3.8) is 0 Å². The molecule has 0 unspecified atom stereocenters. The van der Waals surface area contributed by atoms with Crippen LogP contribution in [-0.2, 0) is 9.53 Å². The van der Waals surface area contributed by atoms with E-state index in [0.717, 1.165) is 0 Å². The van der Waals surface area contributed by atoms with Crippen molar-refractivity contribution < 1.29 is 14.6 Å². The molecule has 0 spiro atoms. The Kier molecular flexibility index (Phi) is 1.85. The summed E-state index contributed by atoms with van der Waals surface area (Å²) in [6.45, 7) is -0.0872. The van der Waals surface area contributed by atoms with Crippen molar-refractivity contribution in [3.8, 4) is 0 Å². The number of allylic oxidation sites excluding steroid dienone is 1. The van der Waals surface area contributed by atoms with Crippen molar-refractivity contribution in [1.29, 1.82) is 0 Å². The number of hydrogen-bond acceptors (Lipinski definition) is 3. The smallest absolute Gasteiger partial charge is 0.162 e. The van der Waals surface area contributed by atoms with E-state index >= 15 is 0 Å². The molecule has 3 nitrogen and oxygen atoms in total. The first kappa shape index (κ1) is 6.29. The molecule has 3 heteroatoms. The topological polar surface area (TPSA) is 46.5 Å². The second kappa shape index (κ2) is 2.64. The van der Waals surface area contributed by atoms with Crippen LogP contribution >= 0.6 is 0 Å². The van der Waals surface area contributed by atoms with Crippen LogP contribution in [0.4, 0.5) is 0 Å². The van der Waals surface area contributed by atoms with E-state index < -0.39 is 0 Å². The molecule has 0 aliphatic carbocycles. The predicted octanol–water partition coefficient (Wildman–Crippen LogP) is -0.150. The van der Waals surface area contributed by atoms with Gasteiger partial charge in [-0.3, -0.25) is 4.79 Å². The van der Waals surface area contributed by atoms with Crippen LogP contribution in [-0.4, -0.2) is 23.6 Å². The normalized spacial score (nSPS) is 25.9. The van der Waals surface area contributed by atoms with E-state index in [4.69, 9.17) is 9.84 Å². The zero-order valence-corrected chi connectivity index (χ0v) is 4.91. The zero-order valence-electron chi connectivity index (χ0n) is 4.91. The van der Waals surface area contributed by atoms with Crippen LogP contribution in [0.3, 0.4) is 0 Å². The fourth-order valence-electron chi connectivity index (χ4n) is 0.674. The van der Waals surface area contributed by atoms with Gasteiger partial charge in [0.05, 0.1) is 12.9 Å². The second-order valence-corrected chi connectivity index (χ2v) is 1.91. The summed E-state index contributed by atoms with van der Waals surface area (Å²) in [6, 6.07) is 0. The van der Waals surface area contributed by atoms with Gasteiger partial charge in [-0.25, -0.2) is 0 Å². The number of ketones is 1. The highest BCUT2D eigenvalue weighted by atomic mass is 16.5. The van der Waals surface area contributed by atoms with Crippen molar-refractivity contribution >= 4 is 5.78 Å². The van der Waals surface area contributed by atoms with Crippen molar-refractivity contribution in [3.05, 3.63) is 12.3 Å². The molecular weight excluding hydrogens is 120 g/mol. The number of ether oxygens (including phenoxy) is 1.